The molecule has 6 rings (SSSR count). The Morgan fingerprint density at radius 2 is 1.98 bits per heavy atom. The highest BCUT2D eigenvalue weighted by Crippen LogP contribution is 2.59. The van der Waals surface area contributed by atoms with Crippen molar-refractivity contribution in [3.8, 4) is 11.7 Å². The van der Waals surface area contributed by atoms with Gasteiger partial charge in [0.05, 0.1) is 23.8 Å². The Labute approximate surface area is 241 Å². The molecule has 1 aliphatic carbocycles. The number of anilines is 1. The molecular formula is C27H32F3N7O4S. The van der Waals surface area contributed by atoms with Crippen molar-refractivity contribution in [3.63, 3.8) is 0 Å². The zero-order chi connectivity index (χ0) is 29.9. The number of pyridine rings is 1. The van der Waals surface area contributed by atoms with Crippen molar-refractivity contribution < 1.29 is 31.1 Å². The van der Waals surface area contributed by atoms with Crippen LogP contribution in [0.25, 0.3) is 5.82 Å². The number of rotatable bonds is 5. The summed E-state index contributed by atoms with van der Waals surface area (Å²) in [6, 6.07) is 4.58. The highest BCUT2D eigenvalue weighted by Gasteiger charge is 2.62. The van der Waals surface area contributed by atoms with E-state index in [9.17, 15) is 26.4 Å². The summed E-state index contributed by atoms with van der Waals surface area (Å²) in [6.07, 6.45) is 2.60. The monoisotopic (exact) mass is 607 g/mol. The Kier molecular flexibility index (Phi) is 6.78. The van der Waals surface area contributed by atoms with Gasteiger partial charge in [0.15, 0.2) is 5.82 Å². The quantitative estimate of drug-likeness (QED) is 0.460. The molecule has 3 aromatic rings. The van der Waals surface area contributed by atoms with E-state index in [4.69, 9.17) is 9.72 Å². The van der Waals surface area contributed by atoms with Crippen molar-refractivity contribution in [2.75, 3.05) is 18.1 Å². The minimum Gasteiger partial charge on any atom is -0.477 e. The summed E-state index contributed by atoms with van der Waals surface area (Å²) in [7, 11) is -4.18. The first-order valence-corrected chi connectivity index (χ1v) is 15.4. The van der Waals surface area contributed by atoms with Crippen LogP contribution in [-0.4, -0.2) is 63.7 Å². The average molecular weight is 608 g/mol. The molecule has 1 amide bonds. The van der Waals surface area contributed by atoms with Gasteiger partial charge in [-0.1, -0.05) is 0 Å². The van der Waals surface area contributed by atoms with E-state index in [0.29, 0.717) is 30.6 Å². The summed E-state index contributed by atoms with van der Waals surface area (Å²) in [6.45, 7) is 5.18. The highest BCUT2D eigenvalue weighted by molar-refractivity contribution is 7.90. The van der Waals surface area contributed by atoms with E-state index in [1.165, 1.54) is 35.3 Å². The number of ether oxygens (including phenoxy) is 1. The maximum absolute atomic E-state index is 13.4. The molecule has 42 heavy (non-hydrogen) atoms. The third-order valence-corrected chi connectivity index (χ3v) is 9.84. The van der Waals surface area contributed by atoms with Gasteiger partial charge >= 0.3 is 6.18 Å². The van der Waals surface area contributed by atoms with Gasteiger partial charge in [0.1, 0.15) is 10.7 Å². The molecule has 0 unspecified atom stereocenters. The van der Waals surface area contributed by atoms with Gasteiger partial charge < -0.3 is 9.64 Å². The maximum Gasteiger partial charge on any atom is 0.394 e. The Morgan fingerprint density at radius 3 is 2.71 bits per heavy atom. The first-order valence-electron chi connectivity index (χ1n) is 13.9. The standard InChI is InChI=1S/C27H32F3N7O4S/c1-25(2)14-18-4-3-11-35-17-19(15-31-35)42(39,40)34-24(38)20-5-6-21(32-23(20)36(25)16-18)37-12-7-22(33-37)41-13-10-26(8-9-26)27(28,29)30/h5-7,12,15,17-18H,3-4,8-11,13-14,16H2,1-2H3,(H,34,38)/t18-/m1/s1. The van der Waals surface area contributed by atoms with E-state index in [-0.39, 0.29) is 47.7 Å². The molecule has 11 nitrogen and oxygen atoms in total. The van der Waals surface area contributed by atoms with E-state index < -0.39 is 27.5 Å². The Morgan fingerprint density at radius 1 is 1.19 bits per heavy atom. The number of carbonyl (C=O) groups is 1. The van der Waals surface area contributed by atoms with Crippen LogP contribution in [0.3, 0.4) is 0 Å². The van der Waals surface area contributed by atoms with Gasteiger partial charge in [0, 0.05) is 37.1 Å². The van der Waals surface area contributed by atoms with Gasteiger partial charge in [-0.2, -0.15) is 18.3 Å². The fourth-order valence-corrected chi connectivity index (χ4v) is 6.89. The van der Waals surface area contributed by atoms with Crippen LogP contribution in [0.4, 0.5) is 19.0 Å². The van der Waals surface area contributed by atoms with Gasteiger partial charge in [-0.05, 0) is 70.4 Å². The van der Waals surface area contributed by atoms with Crippen LogP contribution in [0.5, 0.6) is 5.88 Å². The third kappa shape index (κ3) is 5.34. The van der Waals surface area contributed by atoms with Crippen LogP contribution in [-0.2, 0) is 16.6 Å². The van der Waals surface area contributed by atoms with Crippen molar-refractivity contribution in [1.82, 2.24) is 29.3 Å². The minimum absolute atomic E-state index is 0.0889. The van der Waals surface area contributed by atoms with E-state index in [1.54, 1.807) is 10.9 Å². The second-order valence-corrected chi connectivity index (χ2v) is 13.7. The van der Waals surface area contributed by atoms with E-state index >= 15 is 0 Å². The Bertz CT molecular complexity index is 1610. The lowest BCUT2D eigenvalue weighted by Gasteiger charge is -2.34. The molecule has 5 heterocycles. The van der Waals surface area contributed by atoms with Crippen molar-refractivity contribution in [3.05, 3.63) is 42.4 Å². The zero-order valence-corrected chi connectivity index (χ0v) is 24.1. The van der Waals surface area contributed by atoms with Crippen LogP contribution < -0.4 is 14.4 Å². The van der Waals surface area contributed by atoms with Gasteiger partial charge in [0.2, 0.25) is 5.88 Å². The zero-order valence-electron chi connectivity index (χ0n) is 23.3. The number of alkyl halides is 3. The number of aromatic nitrogens is 5. The van der Waals surface area contributed by atoms with Gasteiger partial charge in [-0.3, -0.25) is 9.48 Å². The fraction of sp³-hybridized carbons (Fsp3) is 0.556. The van der Waals surface area contributed by atoms with Crippen molar-refractivity contribution >= 4 is 21.7 Å². The lowest BCUT2D eigenvalue weighted by atomic mass is 9.93. The van der Waals surface area contributed by atoms with Crippen molar-refractivity contribution in [1.29, 1.82) is 0 Å². The summed E-state index contributed by atoms with van der Waals surface area (Å²) >= 11 is 0. The van der Waals surface area contributed by atoms with Gasteiger partial charge in [-0.25, -0.2) is 22.8 Å². The third-order valence-electron chi connectivity index (χ3n) is 8.55. The van der Waals surface area contributed by atoms with Crippen LogP contribution in [0, 0.1) is 11.3 Å². The molecule has 3 aliphatic rings. The smallest absolute Gasteiger partial charge is 0.394 e. The normalized spacial score (nSPS) is 22.6. The second kappa shape index (κ2) is 9.99. The number of nitrogens with one attached hydrogen (secondary N) is 1. The number of aryl methyl sites for hydroxylation is 1. The number of nitrogens with zero attached hydrogens (tertiary/aromatic N) is 6. The number of halogens is 3. The number of hydrogen-bond donors (Lipinski definition) is 1. The predicted molar refractivity (Wildman–Crippen MR) is 145 cm³/mol. The van der Waals surface area contributed by atoms with Crippen LogP contribution >= 0.6 is 0 Å². The molecule has 1 saturated heterocycles. The SMILES string of the molecule is CC1(C)C[C@H]2CCCn3cc(cn3)S(=O)(=O)NC(=O)c3ccc(-n4ccc(OCCC5(C(F)(F)F)CC5)n4)nc3N1C2. The second-order valence-electron chi connectivity index (χ2n) is 12.0. The molecule has 0 spiro atoms. The first kappa shape index (κ1) is 28.5. The molecular weight excluding hydrogens is 575 g/mol. The van der Waals surface area contributed by atoms with Crippen LogP contribution in [0.1, 0.15) is 62.7 Å². The number of fused-ring (bicyclic) bond motifs is 6. The number of amides is 1. The van der Waals surface area contributed by atoms with Crippen LogP contribution in [0.2, 0.25) is 0 Å². The molecule has 226 valence electrons. The lowest BCUT2D eigenvalue weighted by Crippen LogP contribution is -2.41. The van der Waals surface area contributed by atoms with Crippen molar-refractivity contribution in [2.24, 2.45) is 11.3 Å². The first-order chi connectivity index (χ1) is 19.8. The largest absolute Gasteiger partial charge is 0.477 e. The summed E-state index contributed by atoms with van der Waals surface area (Å²) in [5.74, 6) is 0.311. The Hall–Kier alpha value is -3.62. The topological polar surface area (TPSA) is 124 Å². The summed E-state index contributed by atoms with van der Waals surface area (Å²) in [5, 5.41) is 8.48. The van der Waals surface area contributed by atoms with Gasteiger partial charge in [-0.15, -0.1) is 5.10 Å². The van der Waals surface area contributed by atoms with E-state index in [1.807, 2.05) is 4.90 Å². The summed E-state index contributed by atoms with van der Waals surface area (Å²) in [4.78, 5) is 20.1. The van der Waals surface area contributed by atoms with Crippen molar-refractivity contribution in [2.45, 2.75) is 75.5 Å². The fourth-order valence-electron chi connectivity index (χ4n) is 5.97. The number of hydrogen-bond acceptors (Lipinski definition) is 8. The minimum atomic E-state index is -4.25. The van der Waals surface area contributed by atoms with E-state index in [0.717, 1.165) is 19.3 Å². The molecule has 2 fully saturated rings. The molecule has 1 saturated carbocycles. The molecule has 0 aromatic carbocycles. The highest BCUT2D eigenvalue weighted by atomic mass is 32.2. The molecule has 15 heteroatoms. The molecule has 1 atom stereocenters. The van der Waals surface area contributed by atoms with E-state index in [2.05, 4.69) is 28.8 Å². The molecule has 0 radical (unpaired) electrons. The summed E-state index contributed by atoms with van der Waals surface area (Å²) in [5.41, 5.74) is -1.95. The molecule has 4 bridgehead atoms. The predicted octanol–water partition coefficient (Wildman–Crippen LogP) is 4.09. The molecule has 1 N–H and O–H groups in total. The maximum atomic E-state index is 13.4. The average Bonchev–Trinajstić information content (AvgIpc) is 3.22. The molecule has 2 aliphatic heterocycles. The molecule has 3 aromatic heterocycles. The van der Waals surface area contributed by atoms with Crippen LogP contribution in [0.15, 0.2) is 41.7 Å². The summed E-state index contributed by atoms with van der Waals surface area (Å²) < 4.78 is 76.4. The number of carbonyl (C=O) groups excluding carboxylic acids is 1. The lowest BCUT2D eigenvalue weighted by molar-refractivity contribution is -0.190. The number of sulfonamides is 1. The van der Waals surface area contributed by atoms with Gasteiger partial charge in [0.25, 0.3) is 15.9 Å². The Balaban J connectivity index is 1.29.